The summed E-state index contributed by atoms with van der Waals surface area (Å²) >= 11 is 0. The van der Waals surface area contributed by atoms with Gasteiger partial charge in [-0.2, -0.15) is 0 Å². The van der Waals surface area contributed by atoms with Gasteiger partial charge in [-0.15, -0.1) is 0 Å². The number of hydrogen-bond donors (Lipinski definition) is 2. The minimum atomic E-state index is -0.221. The number of halogens is 1. The van der Waals surface area contributed by atoms with E-state index in [2.05, 4.69) is 10.2 Å². The predicted molar refractivity (Wildman–Crippen MR) is 117 cm³/mol. The molecular weight excluding hydrogens is 381 g/mol. The molecule has 1 fully saturated rings. The molecule has 0 unspecified atom stereocenters. The first kappa shape index (κ1) is 18.6. The molecule has 6 heteroatoms. The normalized spacial score (nSPS) is 15.0. The Morgan fingerprint density at radius 3 is 2.50 bits per heavy atom. The Kier molecular flexibility index (Phi) is 4.85. The predicted octanol–water partition coefficient (Wildman–Crippen LogP) is 3.07. The summed E-state index contributed by atoms with van der Waals surface area (Å²) in [5.41, 5.74) is 3.47. The van der Waals surface area contributed by atoms with Crippen LogP contribution in [0.3, 0.4) is 0 Å². The van der Waals surface area contributed by atoms with Crippen LogP contribution in [0.2, 0.25) is 0 Å². The summed E-state index contributed by atoms with van der Waals surface area (Å²) < 4.78 is 19.0. The van der Waals surface area contributed by atoms with E-state index < -0.39 is 0 Å². The monoisotopic (exact) mass is 404 g/mol. The van der Waals surface area contributed by atoms with E-state index in [0.29, 0.717) is 6.54 Å². The number of nitrogens with one attached hydrogen (secondary N) is 2. The average molecular weight is 404 g/mol. The van der Waals surface area contributed by atoms with E-state index in [-0.39, 0.29) is 11.7 Å². The van der Waals surface area contributed by atoms with Crippen molar-refractivity contribution in [3.63, 3.8) is 0 Å². The number of rotatable bonds is 4. The number of nitrogens with zero attached hydrogens (tertiary/aromatic N) is 1. The van der Waals surface area contributed by atoms with Crippen LogP contribution >= 0.6 is 0 Å². The van der Waals surface area contributed by atoms with Crippen molar-refractivity contribution in [3.8, 4) is 0 Å². The van der Waals surface area contributed by atoms with Gasteiger partial charge in [0, 0.05) is 22.1 Å². The van der Waals surface area contributed by atoms with Gasteiger partial charge >= 0.3 is 0 Å². The number of carbonyl (C=O) groups is 1. The molecule has 1 aliphatic rings. The molecule has 5 rings (SSSR count). The first-order chi connectivity index (χ1) is 14.7. The first-order valence-electron chi connectivity index (χ1n) is 10.2. The van der Waals surface area contributed by atoms with Gasteiger partial charge in [0.2, 0.25) is 0 Å². The first-order valence-corrected chi connectivity index (χ1v) is 10.2. The lowest BCUT2D eigenvalue weighted by Crippen LogP contribution is -3.15. The summed E-state index contributed by atoms with van der Waals surface area (Å²) in [6.45, 7) is 3.87. The molecule has 5 nitrogen and oxygen atoms in total. The summed E-state index contributed by atoms with van der Waals surface area (Å²) in [6.07, 6.45) is 0. The number of carbonyl (C=O) groups excluding carboxylic acids is 1. The molecule has 0 saturated carbocycles. The Morgan fingerprint density at radius 2 is 1.70 bits per heavy atom. The van der Waals surface area contributed by atoms with Crippen LogP contribution in [0.25, 0.3) is 21.9 Å². The maximum absolute atomic E-state index is 13.1. The zero-order valence-corrected chi connectivity index (χ0v) is 16.5. The lowest BCUT2D eigenvalue weighted by Gasteiger charge is -2.33. The fraction of sp³-hybridized carbons (Fsp3) is 0.208. The Morgan fingerprint density at radius 1 is 0.967 bits per heavy atom. The third-order valence-corrected chi connectivity index (χ3v) is 5.73. The molecule has 3 aromatic carbocycles. The van der Waals surface area contributed by atoms with Gasteiger partial charge < -0.3 is 19.5 Å². The number of fused-ring (bicyclic) bond motifs is 3. The van der Waals surface area contributed by atoms with E-state index in [4.69, 9.17) is 4.42 Å². The molecule has 4 aromatic rings. The molecule has 152 valence electrons. The van der Waals surface area contributed by atoms with Gasteiger partial charge in [-0.3, -0.25) is 4.79 Å². The number of quaternary nitrogens is 1. The molecule has 0 aliphatic carbocycles. The van der Waals surface area contributed by atoms with Crippen molar-refractivity contribution in [1.82, 2.24) is 0 Å². The maximum Gasteiger partial charge on any atom is 0.279 e. The van der Waals surface area contributed by atoms with Gasteiger partial charge in [-0.1, -0.05) is 18.2 Å². The topological polar surface area (TPSA) is 49.9 Å². The lowest BCUT2D eigenvalue weighted by molar-refractivity contribution is -0.892. The SMILES string of the molecule is O=C(C[NH+]1CCN(c2ccc(F)cc2)CC1)Nc1ccc2oc3ccccc3c2c1. The zero-order chi connectivity index (χ0) is 20.5. The van der Waals surface area contributed by atoms with E-state index >= 15 is 0 Å². The minimum absolute atomic E-state index is 0.00684. The van der Waals surface area contributed by atoms with Crippen molar-refractivity contribution in [2.45, 2.75) is 0 Å². The van der Waals surface area contributed by atoms with Gasteiger partial charge in [-0.05, 0) is 48.5 Å². The largest absolute Gasteiger partial charge is 0.456 e. The van der Waals surface area contributed by atoms with E-state index in [0.717, 1.165) is 59.5 Å². The highest BCUT2D eigenvalue weighted by Gasteiger charge is 2.22. The molecular formula is C24H23FN3O2+. The number of para-hydroxylation sites is 1. The number of piperazine rings is 1. The third-order valence-electron chi connectivity index (χ3n) is 5.73. The number of furan rings is 1. The minimum Gasteiger partial charge on any atom is -0.456 e. The fourth-order valence-electron chi connectivity index (χ4n) is 4.15. The second kappa shape index (κ2) is 7.80. The van der Waals surface area contributed by atoms with Gasteiger partial charge in [-0.25, -0.2) is 4.39 Å². The smallest absolute Gasteiger partial charge is 0.279 e. The van der Waals surface area contributed by atoms with Crippen molar-refractivity contribution < 1.29 is 18.5 Å². The Hall–Kier alpha value is -3.38. The lowest BCUT2D eigenvalue weighted by atomic mass is 10.1. The highest BCUT2D eigenvalue weighted by Crippen LogP contribution is 2.30. The maximum atomic E-state index is 13.1. The van der Waals surface area contributed by atoms with Crippen LogP contribution in [0.1, 0.15) is 0 Å². The molecule has 2 N–H and O–H groups in total. The summed E-state index contributed by atoms with van der Waals surface area (Å²) in [7, 11) is 0. The summed E-state index contributed by atoms with van der Waals surface area (Å²) in [5, 5.41) is 5.08. The van der Waals surface area contributed by atoms with Crippen molar-refractivity contribution in [3.05, 3.63) is 72.5 Å². The Labute approximate surface area is 173 Å². The van der Waals surface area contributed by atoms with Crippen LogP contribution in [-0.2, 0) is 4.79 Å². The number of amides is 1. The molecule has 0 bridgehead atoms. The molecule has 1 amide bonds. The van der Waals surface area contributed by atoms with Crippen LogP contribution in [0.15, 0.2) is 71.1 Å². The molecule has 1 aliphatic heterocycles. The molecule has 2 heterocycles. The number of anilines is 2. The fourth-order valence-corrected chi connectivity index (χ4v) is 4.15. The standard InChI is InChI=1S/C24H22FN3O2/c25-17-5-8-19(9-6-17)28-13-11-27(12-14-28)16-24(29)26-18-7-10-23-21(15-18)20-3-1-2-4-22(20)30-23/h1-10,15H,11-14,16H2,(H,26,29)/p+1. The number of hydrogen-bond acceptors (Lipinski definition) is 3. The zero-order valence-electron chi connectivity index (χ0n) is 16.5. The Bertz CT molecular complexity index is 1190. The highest BCUT2D eigenvalue weighted by atomic mass is 19.1. The van der Waals surface area contributed by atoms with Crippen molar-refractivity contribution in [2.24, 2.45) is 0 Å². The Balaban J connectivity index is 1.20. The van der Waals surface area contributed by atoms with Gasteiger partial charge in [0.05, 0.1) is 26.2 Å². The van der Waals surface area contributed by atoms with Crippen LogP contribution < -0.4 is 15.1 Å². The molecule has 1 aromatic heterocycles. The molecule has 0 atom stereocenters. The van der Waals surface area contributed by atoms with Crippen LogP contribution in [-0.4, -0.2) is 38.6 Å². The average Bonchev–Trinajstić information content (AvgIpc) is 3.13. The van der Waals surface area contributed by atoms with E-state index in [1.165, 1.54) is 17.0 Å². The summed E-state index contributed by atoms with van der Waals surface area (Å²) in [4.78, 5) is 16.1. The van der Waals surface area contributed by atoms with E-state index in [1.54, 1.807) is 0 Å². The van der Waals surface area contributed by atoms with Gasteiger partial charge in [0.15, 0.2) is 6.54 Å². The molecule has 0 spiro atoms. The van der Waals surface area contributed by atoms with Gasteiger partial charge in [0.1, 0.15) is 17.0 Å². The van der Waals surface area contributed by atoms with Crippen molar-refractivity contribution in [1.29, 1.82) is 0 Å². The van der Waals surface area contributed by atoms with Crippen LogP contribution in [0.4, 0.5) is 15.8 Å². The highest BCUT2D eigenvalue weighted by molar-refractivity contribution is 6.06. The molecule has 1 saturated heterocycles. The second-order valence-electron chi connectivity index (χ2n) is 7.75. The number of benzene rings is 3. The van der Waals surface area contributed by atoms with Crippen molar-refractivity contribution in [2.75, 3.05) is 42.9 Å². The van der Waals surface area contributed by atoms with Gasteiger partial charge in [0.25, 0.3) is 5.91 Å². The van der Waals surface area contributed by atoms with Crippen LogP contribution in [0, 0.1) is 5.82 Å². The van der Waals surface area contributed by atoms with E-state index in [9.17, 15) is 9.18 Å². The third kappa shape index (κ3) is 3.74. The summed E-state index contributed by atoms with van der Waals surface area (Å²) in [5.74, 6) is -0.214. The molecule has 30 heavy (non-hydrogen) atoms. The summed E-state index contributed by atoms with van der Waals surface area (Å²) in [6, 6.07) is 20.3. The van der Waals surface area contributed by atoms with Crippen LogP contribution in [0.5, 0.6) is 0 Å². The van der Waals surface area contributed by atoms with E-state index in [1.807, 2.05) is 54.6 Å². The molecule has 0 radical (unpaired) electrons. The van der Waals surface area contributed by atoms with Crippen molar-refractivity contribution >= 4 is 39.2 Å². The second-order valence-corrected chi connectivity index (χ2v) is 7.75. The quantitative estimate of drug-likeness (QED) is 0.550.